The van der Waals surface area contributed by atoms with E-state index in [4.69, 9.17) is 27.4 Å². The van der Waals surface area contributed by atoms with Gasteiger partial charge in [-0.1, -0.05) is 64.7 Å². The molecule has 0 aromatic rings. The van der Waals surface area contributed by atoms with Gasteiger partial charge in [0.25, 0.3) is 0 Å². The van der Waals surface area contributed by atoms with Gasteiger partial charge in [-0.3, -0.25) is 9.11 Å². The van der Waals surface area contributed by atoms with Crippen LogP contribution in [0.1, 0.15) is 78.1 Å². The van der Waals surface area contributed by atoms with Gasteiger partial charge < -0.3 is 16.8 Å². The summed E-state index contributed by atoms with van der Waals surface area (Å²) in [4.78, 5) is 8.89. The maximum absolute atomic E-state index is 8.89. The van der Waals surface area contributed by atoms with E-state index in [9.17, 15) is 0 Å². The monoisotopic (exact) mass is 372 g/mol. The summed E-state index contributed by atoms with van der Waals surface area (Å²) < 4.78 is 31.6. The molecule has 0 atom stereocenters. The van der Waals surface area contributed by atoms with Crippen LogP contribution in [0.3, 0.4) is 0 Å². The molecule has 9 heteroatoms. The van der Waals surface area contributed by atoms with E-state index in [1.807, 2.05) is 0 Å². The maximum atomic E-state index is 8.89. The number of hydrogen-bond acceptors (Lipinski definition) is 4. The van der Waals surface area contributed by atoms with Crippen LogP contribution in [0, 0.1) is 6.92 Å². The second-order valence-corrected chi connectivity index (χ2v) is 5.52. The second kappa shape index (κ2) is 28.2. The zero-order valence-electron chi connectivity index (χ0n) is 15.2. The van der Waals surface area contributed by atoms with Crippen LogP contribution in [0.2, 0.25) is 0 Å². The van der Waals surface area contributed by atoms with Crippen LogP contribution in [0.15, 0.2) is 0 Å². The Morgan fingerprint density at radius 2 is 1.13 bits per heavy atom. The molecule has 0 aromatic carbocycles. The first-order chi connectivity index (χ1) is 9.65. The van der Waals surface area contributed by atoms with Crippen LogP contribution in [0.5, 0.6) is 0 Å². The molecule has 0 saturated carbocycles. The molecule has 0 radical (unpaired) electrons. The minimum atomic E-state index is -4.67. The average molecular weight is 372 g/mol. The predicted molar refractivity (Wildman–Crippen MR) is 82.1 cm³/mol. The summed E-state index contributed by atoms with van der Waals surface area (Å²) in [5, 5.41) is 8.89. The molecular weight excluding hydrogens is 342 g/mol. The molecule has 6 nitrogen and oxygen atoms in total. The van der Waals surface area contributed by atoms with Crippen LogP contribution >= 0.6 is 0 Å². The van der Waals surface area contributed by atoms with Gasteiger partial charge in [0.15, 0.2) is 0 Å². The van der Waals surface area contributed by atoms with Gasteiger partial charge >= 0.3 is 69.5 Å². The van der Waals surface area contributed by atoms with Gasteiger partial charge in [-0.05, 0) is 6.92 Å². The third kappa shape index (κ3) is 99.4. The first-order valence-corrected chi connectivity index (χ1v) is 8.71. The predicted octanol–water partition coefficient (Wildman–Crippen LogP) is -3.15. The quantitative estimate of drug-likeness (QED) is 0.191. The minimum Gasteiger partial charge on any atom is -0.550 e. The van der Waals surface area contributed by atoms with Gasteiger partial charge in [0.2, 0.25) is 0 Å². The Hall–Kier alpha value is 1.34. The van der Waals surface area contributed by atoms with E-state index >= 15 is 0 Å². The molecule has 0 saturated heterocycles. The van der Waals surface area contributed by atoms with Crippen molar-refractivity contribution in [3.05, 3.63) is 6.92 Å². The van der Waals surface area contributed by atoms with Crippen molar-refractivity contribution in [3.8, 4) is 0 Å². The SMILES string of the molecule is CC(=O)[O-].O=S(=O)(O)O.[CH2-]CCCCCCCCCCC.[Na+].[Na+]. The largest absolute Gasteiger partial charge is 1.00 e. The van der Waals surface area contributed by atoms with E-state index in [1.54, 1.807) is 0 Å². The number of rotatable bonds is 9. The molecule has 0 spiro atoms. The van der Waals surface area contributed by atoms with Crippen LogP contribution < -0.4 is 64.2 Å². The summed E-state index contributed by atoms with van der Waals surface area (Å²) in [6.07, 6.45) is 13.9. The topological polar surface area (TPSA) is 115 Å². The van der Waals surface area contributed by atoms with Gasteiger partial charge in [0.05, 0.1) is 0 Å². The molecule has 0 heterocycles. The number of unbranched alkanes of at least 4 members (excludes halogenated alkanes) is 9. The molecular formula is C14H30Na2O6S. The Balaban J connectivity index is -0.0000000828. The fraction of sp³-hybridized carbons (Fsp3) is 0.857. The van der Waals surface area contributed by atoms with Gasteiger partial charge in [-0.15, -0.1) is 0 Å². The van der Waals surface area contributed by atoms with Gasteiger partial charge in [-0.25, -0.2) is 0 Å². The summed E-state index contributed by atoms with van der Waals surface area (Å²) in [5.74, 6) is -1.08. The van der Waals surface area contributed by atoms with Gasteiger partial charge in [0, 0.05) is 5.97 Å². The third-order valence-corrected chi connectivity index (χ3v) is 2.35. The van der Waals surface area contributed by atoms with Crippen molar-refractivity contribution in [3.63, 3.8) is 0 Å². The smallest absolute Gasteiger partial charge is 0.550 e. The Labute approximate surface area is 186 Å². The second-order valence-electron chi connectivity index (χ2n) is 4.62. The molecule has 0 fully saturated rings. The number of aliphatic carboxylic acids is 1. The van der Waals surface area contributed by atoms with E-state index in [-0.39, 0.29) is 59.1 Å². The maximum Gasteiger partial charge on any atom is 1.00 e. The fourth-order valence-corrected chi connectivity index (χ4v) is 1.49. The Bertz CT molecular complexity index is 288. The number of carboxylic acids is 1. The van der Waals surface area contributed by atoms with Crippen LogP contribution in [0.4, 0.5) is 0 Å². The van der Waals surface area contributed by atoms with E-state index in [1.165, 1.54) is 57.8 Å². The first kappa shape index (κ1) is 35.4. The molecule has 0 aliphatic carbocycles. The molecule has 23 heavy (non-hydrogen) atoms. The van der Waals surface area contributed by atoms with Crippen LogP contribution in [-0.4, -0.2) is 23.5 Å². The summed E-state index contributed by atoms with van der Waals surface area (Å²) in [5.41, 5.74) is 0. The molecule has 2 N–H and O–H groups in total. The molecule has 130 valence electrons. The van der Waals surface area contributed by atoms with E-state index < -0.39 is 16.4 Å². The summed E-state index contributed by atoms with van der Waals surface area (Å²) in [6, 6.07) is 0. The molecule has 0 bridgehead atoms. The normalized spacial score (nSPS) is 9.09. The zero-order valence-corrected chi connectivity index (χ0v) is 20.0. The minimum absolute atomic E-state index is 0. The number of hydrogen-bond donors (Lipinski definition) is 2. The summed E-state index contributed by atoms with van der Waals surface area (Å²) >= 11 is 0. The van der Waals surface area contributed by atoms with Crippen LogP contribution in [-0.2, 0) is 15.2 Å². The van der Waals surface area contributed by atoms with E-state index in [0.29, 0.717) is 0 Å². The number of carbonyl (C=O) groups excluding carboxylic acids is 1. The van der Waals surface area contributed by atoms with Crippen molar-refractivity contribution in [2.24, 2.45) is 0 Å². The standard InChI is InChI=1S/C12H25.C2H4O2.2Na.H2O4S/c1-3-5-7-9-11-12-10-8-6-4-2;1-2(3)4;;;1-5(2,3)4/h1,3-12H2,2H3;1H3,(H,3,4);;;(H2,1,2,3,4)/q-1;;2*+1;/p-1. The van der Waals surface area contributed by atoms with Crippen molar-refractivity contribution in [1.82, 2.24) is 0 Å². The number of carboxylic acid groups (broad SMARTS) is 1. The molecule has 0 amide bonds. The summed E-state index contributed by atoms with van der Waals surface area (Å²) in [6.45, 7) is 7.09. The third-order valence-electron chi connectivity index (χ3n) is 2.35. The first-order valence-electron chi connectivity index (χ1n) is 7.31. The van der Waals surface area contributed by atoms with Crippen molar-refractivity contribution in [1.29, 1.82) is 0 Å². The Kier molecular flexibility index (Phi) is 43.4. The molecule has 0 aromatic heterocycles. The van der Waals surface area contributed by atoms with Crippen LogP contribution in [0.25, 0.3) is 0 Å². The molecule has 0 aliphatic rings. The average Bonchev–Trinajstić information content (AvgIpc) is 2.30. The van der Waals surface area contributed by atoms with E-state index in [0.717, 1.165) is 13.3 Å². The summed E-state index contributed by atoms with van der Waals surface area (Å²) in [7, 11) is -4.67. The fourth-order valence-electron chi connectivity index (χ4n) is 1.49. The van der Waals surface area contributed by atoms with Gasteiger partial charge in [-0.2, -0.15) is 14.8 Å². The zero-order chi connectivity index (χ0) is 17.1. The van der Waals surface area contributed by atoms with Crippen molar-refractivity contribution >= 4 is 16.4 Å². The molecule has 0 aliphatic heterocycles. The van der Waals surface area contributed by atoms with Crippen molar-refractivity contribution in [2.45, 2.75) is 78.1 Å². The number of carbonyl (C=O) groups is 1. The Morgan fingerprint density at radius 3 is 1.35 bits per heavy atom. The van der Waals surface area contributed by atoms with Gasteiger partial charge in [0.1, 0.15) is 0 Å². The van der Waals surface area contributed by atoms with Crippen molar-refractivity contribution < 1.29 is 86.5 Å². The molecule has 0 rings (SSSR count). The molecule has 0 unspecified atom stereocenters. The Morgan fingerprint density at radius 1 is 0.913 bits per heavy atom. The van der Waals surface area contributed by atoms with Crippen molar-refractivity contribution in [2.75, 3.05) is 0 Å². The van der Waals surface area contributed by atoms with E-state index in [2.05, 4.69) is 13.8 Å².